The van der Waals surface area contributed by atoms with Gasteiger partial charge in [0.1, 0.15) is 17.5 Å². The third kappa shape index (κ3) is 5.46. The van der Waals surface area contributed by atoms with Gasteiger partial charge >= 0.3 is 0 Å². The molecular weight excluding hydrogens is 450 g/mol. The van der Waals surface area contributed by atoms with Gasteiger partial charge in [-0.15, -0.1) is 0 Å². The van der Waals surface area contributed by atoms with Gasteiger partial charge in [-0.2, -0.15) is 0 Å². The number of carbonyl (C=O) groups excluding carboxylic acids is 3. The lowest BCUT2D eigenvalue weighted by Gasteiger charge is -2.45. The fourth-order valence-corrected chi connectivity index (χ4v) is 5.12. The Morgan fingerprint density at radius 1 is 1.06 bits per heavy atom. The van der Waals surface area contributed by atoms with Crippen molar-refractivity contribution in [2.75, 3.05) is 53.1 Å². The number of carbonyl (C=O) groups is 3. The number of hydrogen-bond acceptors (Lipinski definition) is 6. The van der Waals surface area contributed by atoms with Crippen molar-refractivity contribution in [2.24, 2.45) is 5.41 Å². The smallest absolute Gasteiger partial charge is 0.257 e. The van der Waals surface area contributed by atoms with Crippen molar-refractivity contribution in [1.82, 2.24) is 14.7 Å². The highest BCUT2D eigenvalue weighted by Gasteiger charge is 2.55. The first-order valence-corrected chi connectivity index (χ1v) is 12.4. The van der Waals surface area contributed by atoms with Crippen LogP contribution in [0.4, 0.5) is 0 Å². The zero-order chi connectivity index (χ0) is 25.2. The molecule has 3 saturated heterocycles. The summed E-state index contributed by atoms with van der Waals surface area (Å²) in [5.74, 6) is 0.302. The molecule has 35 heavy (non-hydrogen) atoms. The van der Waals surface area contributed by atoms with Crippen molar-refractivity contribution < 1.29 is 28.6 Å². The monoisotopic (exact) mass is 487 g/mol. The molecule has 3 aliphatic heterocycles. The SMILES string of the molecule is COc1cccc(C(=O)N2[C@@H](C(=O)N3CCOCC3)COC23CCN(C(=O)CC(C)(C)C)CC3)c1. The lowest BCUT2D eigenvalue weighted by atomic mass is 9.90. The molecule has 0 aromatic heterocycles. The third-order valence-electron chi connectivity index (χ3n) is 6.98. The first-order valence-electron chi connectivity index (χ1n) is 12.4. The minimum Gasteiger partial charge on any atom is -0.497 e. The summed E-state index contributed by atoms with van der Waals surface area (Å²) in [5.41, 5.74) is -0.578. The number of amides is 3. The Bertz CT molecular complexity index is 945. The van der Waals surface area contributed by atoms with Crippen LogP contribution in [0.3, 0.4) is 0 Å². The molecule has 1 atom stereocenters. The van der Waals surface area contributed by atoms with Gasteiger partial charge in [-0.3, -0.25) is 19.3 Å². The van der Waals surface area contributed by atoms with Crippen molar-refractivity contribution in [3.63, 3.8) is 0 Å². The van der Waals surface area contributed by atoms with E-state index in [2.05, 4.69) is 0 Å². The summed E-state index contributed by atoms with van der Waals surface area (Å²) in [6.07, 6.45) is 1.39. The highest BCUT2D eigenvalue weighted by atomic mass is 16.5. The van der Waals surface area contributed by atoms with Crippen LogP contribution in [-0.2, 0) is 19.1 Å². The molecule has 4 rings (SSSR count). The number of rotatable bonds is 4. The summed E-state index contributed by atoms with van der Waals surface area (Å²) >= 11 is 0. The van der Waals surface area contributed by atoms with Crippen LogP contribution in [0.2, 0.25) is 0 Å². The average molecular weight is 488 g/mol. The van der Waals surface area contributed by atoms with Crippen LogP contribution in [0.25, 0.3) is 0 Å². The van der Waals surface area contributed by atoms with Crippen molar-refractivity contribution in [3.05, 3.63) is 29.8 Å². The maximum absolute atomic E-state index is 13.9. The normalized spacial score (nSPS) is 22.4. The Balaban J connectivity index is 1.59. The van der Waals surface area contributed by atoms with Gasteiger partial charge in [-0.1, -0.05) is 26.8 Å². The van der Waals surface area contributed by atoms with Crippen LogP contribution in [0.1, 0.15) is 50.4 Å². The number of benzene rings is 1. The van der Waals surface area contributed by atoms with Crippen molar-refractivity contribution in [1.29, 1.82) is 0 Å². The number of morpholine rings is 1. The number of ether oxygens (including phenoxy) is 3. The van der Waals surface area contributed by atoms with Crippen LogP contribution in [0, 0.1) is 5.41 Å². The third-order valence-corrected chi connectivity index (χ3v) is 6.98. The second kappa shape index (κ2) is 10.1. The molecule has 3 fully saturated rings. The molecule has 0 saturated carbocycles. The number of likely N-dealkylation sites (tertiary alicyclic amines) is 1. The maximum atomic E-state index is 13.9. The van der Waals surface area contributed by atoms with Gasteiger partial charge in [-0.05, 0) is 23.6 Å². The summed E-state index contributed by atoms with van der Waals surface area (Å²) in [6, 6.07) is 6.25. The van der Waals surface area contributed by atoms with Crippen LogP contribution < -0.4 is 4.74 Å². The van der Waals surface area contributed by atoms with Gasteiger partial charge in [0.15, 0.2) is 0 Å². The molecule has 9 nitrogen and oxygen atoms in total. The minimum absolute atomic E-state index is 0.0971. The van der Waals surface area contributed by atoms with E-state index in [0.717, 1.165) is 0 Å². The molecule has 1 aromatic rings. The molecule has 0 unspecified atom stereocenters. The van der Waals surface area contributed by atoms with E-state index in [9.17, 15) is 14.4 Å². The lowest BCUT2D eigenvalue weighted by Crippen LogP contribution is -2.60. The zero-order valence-corrected chi connectivity index (χ0v) is 21.2. The molecular formula is C26H37N3O6. The fourth-order valence-electron chi connectivity index (χ4n) is 5.12. The average Bonchev–Trinajstić information content (AvgIpc) is 3.21. The first-order chi connectivity index (χ1) is 16.6. The van der Waals surface area contributed by atoms with Crippen LogP contribution in [0.15, 0.2) is 24.3 Å². The second-order valence-electron chi connectivity index (χ2n) is 10.7. The molecule has 3 aliphatic rings. The van der Waals surface area contributed by atoms with E-state index < -0.39 is 11.8 Å². The molecule has 1 spiro atoms. The topological polar surface area (TPSA) is 88.6 Å². The Labute approximate surface area is 207 Å². The highest BCUT2D eigenvalue weighted by molar-refractivity contribution is 5.98. The zero-order valence-electron chi connectivity index (χ0n) is 21.2. The van der Waals surface area contributed by atoms with Gasteiger partial charge in [0.2, 0.25) is 11.8 Å². The summed E-state index contributed by atoms with van der Waals surface area (Å²) in [6.45, 7) is 9.22. The molecule has 0 radical (unpaired) electrons. The second-order valence-corrected chi connectivity index (χ2v) is 10.7. The largest absolute Gasteiger partial charge is 0.497 e. The first kappa shape index (κ1) is 25.4. The van der Waals surface area contributed by atoms with Gasteiger partial charge in [0, 0.05) is 51.0 Å². The Morgan fingerprint density at radius 2 is 1.74 bits per heavy atom. The highest BCUT2D eigenvalue weighted by Crippen LogP contribution is 2.39. The molecule has 0 aliphatic carbocycles. The molecule has 192 valence electrons. The van der Waals surface area contributed by atoms with Crippen molar-refractivity contribution >= 4 is 17.7 Å². The molecule has 1 aromatic carbocycles. The van der Waals surface area contributed by atoms with Crippen LogP contribution in [0.5, 0.6) is 5.75 Å². The van der Waals surface area contributed by atoms with Gasteiger partial charge < -0.3 is 24.0 Å². The van der Waals surface area contributed by atoms with E-state index in [4.69, 9.17) is 14.2 Å². The molecule has 9 heteroatoms. The minimum atomic E-state index is -0.925. The van der Waals surface area contributed by atoms with Gasteiger partial charge in [0.05, 0.1) is 26.9 Å². The van der Waals surface area contributed by atoms with Crippen molar-refractivity contribution in [3.8, 4) is 5.75 Å². The number of piperidine rings is 1. The summed E-state index contributed by atoms with van der Waals surface area (Å²) in [5, 5.41) is 0. The van der Waals surface area contributed by atoms with Crippen LogP contribution in [-0.4, -0.2) is 97.3 Å². The Kier molecular flexibility index (Phi) is 7.38. The van der Waals surface area contributed by atoms with Crippen molar-refractivity contribution in [2.45, 2.75) is 51.8 Å². The number of methoxy groups -OCH3 is 1. The molecule has 3 heterocycles. The summed E-state index contributed by atoms with van der Waals surface area (Å²) in [7, 11) is 1.55. The molecule has 3 amide bonds. The van der Waals surface area contributed by atoms with E-state index in [-0.39, 0.29) is 29.7 Å². The van der Waals surface area contributed by atoms with Gasteiger partial charge in [-0.25, -0.2) is 0 Å². The van der Waals surface area contributed by atoms with Crippen LogP contribution >= 0.6 is 0 Å². The van der Waals surface area contributed by atoms with Gasteiger partial charge in [0.25, 0.3) is 5.91 Å². The molecule has 0 N–H and O–H groups in total. The van der Waals surface area contributed by atoms with E-state index in [1.807, 2.05) is 25.7 Å². The summed E-state index contributed by atoms with van der Waals surface area (Å²) < 4.78 is 17.0. The number of nitrogens with zero attached hydrogens (tertiary/aromatic N) is 3. The van der Waals surface area contributed by atoms with E-state index in [1.54, 1.807) is 41.2 Å². The lowest BCUT2D eigenvalue weighted by molar-refractivity contribution is -0.147. The Hall–Kier alpha value is -2.65. The quantitative estimate of drug-likeness (QED) is 0.647. The Morgan fingerprint density at radius 3 is 2.37 bits per heavy atom. The van der Waals surface area contributed by atoms with E-state index in [1.165, 1.54) is 0 Å². The number of hydrogen-bond donors (Lipinski definition) is 0. The standard InChI is InChI=1S/C26H37N3O6/c1-25(2,3)17-22(30)27-10-8-26(9-11-27)29(23(31)19-6-5-7-20(16-19)33-4)21(18-35-26)24(32)28-12-14-34-15-13-28/h5-7,16,21H,8-15,17-18H2,1-4H3/t21-/m1/s1. The maximum Gasteiger partial charge on any atom is 0.257 e. The van der Waals surface area contributed by atoms with E-state index in [0.29, 0.717) is 70.0 Å². The van der Waals surface area contributed by atoms with E-state index >= 15 is 0 Å². The summed E-state index contributed by atoms with van der Waals surface area (Å²) in [4.78, 5) is 45.5. The predicted molar refractivity (Wildman–Crippen MR) is 129 cm³/mol. The predicted octanol–water partition coefficient (Wildman–Crippen LogP) is 2.15. The molecule has 0 bridgehead atoms. The fraction of sp³-hybridized carbons (Fsp3) is 0.654.